The molecule has 1 saturated heterocycles. The molecule has 0 spiro atoms. The molecule has 2 aromatic heterocycles. The summed E-state index contributed by atoms with van der Waals surface area (Å²) in [5.41, 5.74) is 1.76. The summed E-state index contributed by atoms with van der Waals surface area (Å²) in [7, 11) is 0. The van der Waals surface area contributed by atoms with Gasteiger partial charge in [0.05, 0.1) is 11.4 Å². The molecule has 1 atom stereocenters. The predicted octanol–water partition coefficient (Wildman–Crippen LogP) is 2.39. The van der Waals surface area contributed by atoms with E-state index in [2.05, 4.69) is 36.4 Å². The lowest BCUT2D eigenvalue weighted by molar-refractivity contribution is -0.126. The molecule has 1 aromatic carbocycles. The summed E-state index contributed by atoms with van der Waals surface area (Å²) in [5.74, 6) is -0.0448. The molecule has 0 saturated carbocycles. The Morgan fingerprint density at radius 2 is 2.27 bits per heavy atom. The number of nitrogens with zero attached hydrogens (tertiary/aromatic N) is 3. The zero-order valence-electron chi connectivity index (χ0n) is 13.8. The Balaban J connectivity index is 1.47. The second-order valence-electron chi connectivity index (χ2n) is 6.22. The third kappa shape index (κ3) is 3.20. The number of carbonyl (C=O) groups is 2. The fourth-order valence-corrected chi connectivity index (χ4v) is 3.47. The number of halogens is 1. The van der Waals surface area contributed by atoms with Crippen molar-refractivity contribution < 1.29 is 9.59 Å². The highest BCUT2D eigenvalue weighted by molar-refractivity contribution is 9.10. The van der Waals surface area contributed by atoms with E-state index in [1.165, 1.54) is 0 Å². The Morgan fingerprint density at radius 3 is 3.08 bits per heavy atom. The Bertz CT molecular complexity index is 972. The lowest BCUT2D eigenvalue weighted by Gasteiger charge is -2.14. The standard InChI is InChI=1S/C18H16BrN5O2/c19-13-3-4-14-15(7-13)22-23-17(14)24-10-12(6-16(24)25)18(26)21-9-11-2-1-5-20-8-11/h1-5,7-8,12H,6,9-10H2,(H,21,26)(H,22,23)/t12-/m0/s1. The molecule has 3 heterocycles. The van der Waals surface area contributed by atoms with Crippen molar-refractivity contribution in [3.05, 3.63) is 52.8 Å². The minimum atomic E-state index is -0.388. The maximum atomic E-state index is 12.4. The van der Waals surface area contributed by atoms with Gasteiger partial charge in [-0.3, -0.25) is 24.6 Å². The van der Waals surface area contributed by atoms with Crippen molar-refractivity contribution in [3.8, 4) is 0 Å². The topological polar surface area (TPSA) is 91.0 Å². The second kappa shape index (κ2) is 6.87. The van der Waals surface area contributed by atoms with E-state index < -0.39 is 0 Å². The van der Waals surface area contributed by atoms with Crippen LogP contribution in [0.2, 0.25) is 0 Å². The molecule has 2 N–H and O–H groups in total. The summed E-state index contributed by atoms with van der Waals surface area (Å²) in [6.45, 7) is 0.727. The minimum absolute atomic E-state index is 0.0946. The third-order valence-corrected chi connectivity index (χ3v) is 4.94. The predicted molar refractivity (Wildman–Crippen MR) is 100 cm³/mol. The van der Waals surface area contributed by atoms with Gasteiger partial charge < -0.3 is 5.32 Å². The first-order valence-electron chi connectivity index (χ1n) is 8.22. The number of H-pyrrole nitrogens is 1. The number of amides is 2. The molecule has 1 fully saturated rings. The average Bonchev–Trinajstić information content (AvgIpc) is 3.23. The number of pyridine rings is 1. The lowest BCUT2D eigenvalue weighted by Crippen LogP contribution is -2.32. The van der Waals surface area contributed by atoms with Crippen LogP contribution in [0.5, 0.6) is 0 Å². The zero-order chi connectivity index (χ0) is 18.1. The number of rotatable bonds is 4. The highest BCUT2D eigenvalue weighted by atomic mass is 79.9. The number of carbonyl (C=O) groups excluding carboxylic acids is 2. The SMILES string of the molecule is O=C(NCc1cccnc1)[C@H]1CC(=O)N(c2n[nH]c3cc(Br)ccc23)C1. The highest BCUT2D eigenvalue weighted by Crippen LogP contribution is 2.31. The average molecular weight is 414 g/mol. The molecule has 0 unspecified atom stereocenters. The number of aromatic amines is 1. The van der Waals surface area contributed by atoms with Gasteiger partial charge in [-0.2, -0.15) is 5.10 Å². The van der Waals surface area contributed by atoms with Crippen LogP contribution in [-0.4, -0.2) is 33.5 Å². The Labute approximate surface area is 157 Å². The summed E-state index contributed by atoms with van der Waals surface area (Å²) >= 11 is 3.42. The minimum Gasteiger partial charge on any atom is -0.352 e. The van der Waals surface area contributed by atoms with E-state index in [1.807, 2.05) is 30.3 Å². The molecule has 132 valence electrons. The van der Waals surface area contributed by atoms with Crippen LogP contribution in [0.1, 0.15) is 12.0 Å². The van der Waals surface area contributed by atoms with E-state index >= 15 is 0 Å². The molecule has 8 heteroatoms. The number of nitrogens with one attached hydrogen (secondary N) is 2. The van der Waals surface area contributed by atoms with E-state index in [-0.39, 0.29) is 24.2 Å². The van der Waals surface area contributed by atoms with Gasteiger partial charge in [0, 0.05) is 41.8 Å². The quantitative estimate of drug-likeness (QED) is 0.686. The molecule has 7 nitrogen and oxygen atoms in total. The number of fused-ring (bicyclic) bond motifs is 1. The molecule has 4 rings (SSSR count). The van der Waals surface area contributed by atoms with Crippen LogP contribution in [0.15, 0.2) is 47.2 Å². The fourth-order valence-electron chi connectivity index (χ4n) is 3.11. The Hall–Kier alpha value is -2.74. The van der Waals surface area contributed by atoms with Crippen molar-refractivity contribution in [3.63, 3.8) is 0 Å². The largest absolute Gasteiger partial charge is 0.352 e. The van der Waals surface area contributed by atoms with E-state index in [9.17, 15) is 9.59 Å². The number of hydrogen-bond acceptors (Lipinski definition) is 4. The number of anilines is 1. The van der Waals surface area contributed by atoms with Crippen molar-refractivity contribution in [2.75, 3.05) is 11.4 Å². The van der Waals surface area contributed by atoms with E-state index in [0.717, 1.165) is 20.9 Å². The van der Waals surface area contributed by atoms with Crippen LogP contribution in [0.3, 0.4) is 0 Å². The van der Waals surface area contributed by atoms with Gasteiger partial charge in [0.1, 0.15) is 0 Å². The van der Waals surface area contributed by atoms with Crippen molar-refractivity contribution in [2.24, 2.45) is 5.92 Å². The molecule has 1 aliphatic rings. The molecule has 0 aliphatic carbocycles. The van der Waals surface area contributed by atoms with Gasteiger partial charge in [-0.05, 0) is 29.8 Å². The molecule has 2 amide bonds. The number of hydrogen-bond donors (Lipinski definition) is 2. The normalized spacial score (nSPS) is 17.0. The number of aromatic nitrogens is 3. The molecular formula is C18H16BrN5O2. The second-order valence-corrected chi connectivity index (χ2v) is 7.14. The molecular weight excluding hydrogens is 398 g/mol. The first-order valence-corrected chi connectivity index (χ1v) is 9.02. The van der Waals surface area contributed by atoms with Crippen LogP contribution >= 0.6 is 15.9 Å². The smallest absolute Gasteiger partial charge is 0.229 e. The molecule has 0 bridgehead atoms. The van der Waals surface area contributed by atoms with Gasteiger partial charge in [-0.25, -0.2) is 0 Å². The molecule has 26 heavy (non-hydrogen) atoms. The first-order chi connectivity index (χ1) is 12.6. The van der Waals surface area contributed by atoms with Crippen LogP contribution in [0, 0.1) is 5.92 Å². The van der Waals surface area contributed by atoms with Crippen molar-refractivity contribution >= 4 is 44.5 Å². The van der Waals surface area contributed by atoms with Gasteiger partial charge in [-0.15, -0.1) is 0 Å². The van der Waals surface area contributed by atoms with Crippen LogP contribution in [-0.2, 0) is 16.1 Å². The van der Waals surface area contributed by atoms with Crippen LogP contribution in [0.25, 0.3) is 10.9 Å². The van der Waals surface area contributed by atoms with Gasteiger partial charge in [-0.1, -0.05) is 22.0 Å². The third-order valence-electron chi connectivity index (χ3n) is 4.45. The maximum absolute atomic E-state index is 12.4. The van der Waals surface area contributed by atoms with Crippen LogP contribution < -0.4 is 10.2 Å². The Morgan fingerprint density at radius 1 is 1.38 bits per heavy atom. The Kier molecular flexibility index (Phi) is 4.42. The molecule has 1 aliphatic heterocycles. The summed E-state index contributed by atoms with van der Waals surface area (Å²) in [6.07, 6.45) is 3.58. The molecule has 0 radical (unpaired) electrons. The van der Waals surface area contributed by atoms with E-state index in [0.29, 0.717) is 18.9 Å². The monoisotopic (exact) mass is 413 g/mol. The van der Waals surface area contributed by atoms with Gasteiger partial charge in [0.15, 0.2) is 5.82 Å². The first kappa shape index (κ1) is 16.7. The highest BCUT2D eigenvalue weighted by Gasteiger charge is 2.36. The van der Waals surface area contributed by atoms with Crippen molar-refractivity contribution in [2.45, 2.75) is 13.0 Å². The van der Waals surface area contributed by atoms with Gasteiger partial charge in [0.2, 0.25) is 11.8 Å². The van der Waals surface area contributed by atoms with Gasteiger partial charge >= 0.3 is 0 Å². The summed E-state index contributed by atoms with van der Waals surface area (Å²) in [4.78, 5) is 30.5. The van der Waals surface area contributed by atoms with E-state index in [1.54, 1.807) is 17.3 Å². The van der Waals surface area contributed by atoms with Crippen molar-refractivity contribution in [1.29, 1.82) is 0 Å². The van der Waals surface area contributed by atoms with Crippen molar-refractivity contribution in [1.82, 2.24) is 20.5 Å². The van der Waals surface area contributed by atoms with Crippen LogP contribution in [0.4, 0.5) is 5.82 Å². The summed E-state index contributed by atoms with van der Waals surface area (Å²) < 4.78 is 0.931. The summed E-state index contributed by atoms with van der Waals surface area (Å²) in [6, 6.07) is 9.43. The summed E-state index contributed by atoms with van der Waals surface area (Å²) in [5, 5.41) is 11.0. The van der Waals surface area contributed by atoms with E-state index in [4.69, 9.17) is 0 Å². The zero-order valence-corrected chi connectivity index (χ0v) is 15.4. The fraction of sp³-hybridized carbons (Fsp3) is 0.222. The molecule has 3 aromatic rings. The van der Waals surface area contributed by atoms with Gasteiger partial charge in [0.25, 0.3) is 0 Å². The maximum Gasteiger partial charge on any atom is 0.229 e. The number of benzene rings is 1. The lowest BCUT2D eigenvalue weighted by atomic mass is 10.1.